The fourth-order valence-corrected chi connectivity index (χ4v) is 2.32. The van der Waals surface area contributed by atoms with E-state index in [1.54, 1.807) is 0 Å². The third-order valence-electron chi connectivity index (χ3n) is 3.29. The summed E-state index contributed by atoms with van der Waals surface area (Å²) >= 11 is 0. The van der Waals surface area contributed by atoms with Crippen molar-refractivity contribution < 1.29 is 9.47 Å². The van der Waals surface area contributed by atoms with Gasteiger partial charge in [0.2, 0.25) is 0 Å². The molecular weight excluding hydrogens is 212 g/mol. The number of ether oxygens (including phenoxy) is 2. The predicted molar refractivity (Wildman–Crippen MR) is 68.9 cm³/mol. The molecule has 1 aliphatic rings. The Bertz CT molecular complexity index is 323. The molecule has 0 radical (unpaired) electrons. The molecule has 94 valence electrons. The molecule has 0 saturated carbocycles. The molecule has 3 atom stereocenters. The van der Waals surface area contributed by atoms with Crippen LogP contribution in [0.3, 0.4) is 0 Å². The first-order valence-electron chi connectivity index (χ1n) is 6.62. The molecule has 0 amide bonds. The zero-order valence-electron chi connectivity index (χ0n) is 10.8. The first-order valence-corrected chi connectivity index (χ1v) is 6.62. The maximum atomic E-state index is 5.91. The van der Waals surface area contributed by atoms with E-state index in [-0.39, 0.29) is 6.29 Å². The molecule has 1 aromatic carbocycles. The Hall–Kier alpha value is -0.860. The van der Waals surface area contributed by atoms with E-state index >= 15 is 0 Å². The van der Waals surface area contributed by atoms with Crippen LogP contribution in [0.4, 0.5) is 0 Å². The van der Waals surface area contributed by atoms with Gasteiger partial charge in [0.1, 0.15) is 0 Å². The lowest BCUT2D eigenvalue weighted by molar-refractivity contribution is -0.240. The maximum Gasteiger partial charge on any atom is 0.158 e. The van der Waals surface area contributed by atoms with Crippen molar-refractivity contribution in [3.8, 4) is 0 Å². The molecule has 1 heterocycles. The average Bonchev–Trinajstić information content (AvgIpc) is 2.37. The van der Waals surface area contributed by atoms with E-state index in [1.165, 1.54) is 5.56 Å². The van der Waals surface area contributed by atoms with Gasteiger partial charge in [0.05, 0.1) is 12.2 Å². The molecule has 3 unspecified atom stereocenters. The highest BCUT2D eigenvalue weighted by molar-refractivity contribution is 5.14. The largest absolute Gasteiger partial charge is 0.350 e. The molecule has 1 saturated heterocycles. The monoisotopic (exact) mass is 234 g/mol. The SMILES string of the molecule is CCC1CC(C)OC(CCc2ccccc2)O1. The lowest BCUT2D eigenvalue weighted by atomic mass is 10.1. The summed E-state index contributed by atoms with van der Waals surface area (Å²) in [4.78, 5) is 0. The van der Waals surface area contributed by atoms with Crippen molar-refractivity contribution in [2.75, 3.05) is 0 Å². The fraction of sp³-hybridized carbons (Fsp3) is 0.600. The van der Waals surface area contributed by atoms with E-state index in [1.807, 2.05) is 6.07 Å². The molecule has 1 fully saturated rings. The summed E-state index contributed by atoms with van der Waals surface area (Å²) in [5.41, 5.74) is 1.35. The van der Waals surface area contributed by atoms with Gasteiger partial charge in [-0.1, -0.05) is 37.3 Å². The van der Waals surface area contributed by atoms with Crippen LogP contribution < -0.4 is 0 Å². The fourth-order valence-electron chi connectivity index (χ4n) is 2.32. The summed E-state index contributed by atoms with van der Waals surface area (Å²) in [6.07, 6.45) is 4.76. The van der Waals surface area contributed by atoms with E-state index < -0.39 is 0 Å². The van der Waals surface area contributed by atoms with Gasteiger partial charge in [-0.15, -0.1) is 0 Å². The van der Waals surface area contributed by atoms with Crippen molar-refractivity contribution in [2.24, 2.45) is 0 Å². The van der Waals surface area contributed by atoms with Crippen molar-refractivity contribution >= 4 is 0 Å². The van der Waals surface area contributed by atoms with Gasteiger partial charge in [0.25, 0.3) is 0 Å². The van der Waals surface area contributed by atoms with Crippen molar-refractivity contribution in [1.82, 2.24) is 0 Å². The summed E-state index contributed by atoms with van der Waals surface area (Å²) in [6.45, 7) is 4.32. The van der Waals surface area contributed by atoms with Gasteiger partial charge in [-0.2, -0.15) is 0 Å². The number of hydrogen-bond acceptors (Lipinski definition) is 2. The second-order valence-electron chi connectivity index (χ2n) is 4.80. The smallest absolute Gasteiger partial charge is 0.158 e. The van der Waals surface area contributed by atoms with Gasteiger partial charge in [0.15, 0.2) is 6.29 Å². The zero-order chi connectivity index (χ0) is 12.1. The minimum Gasteiger partial charge on any atom is -0.350 e. The van der Waals surface area contributed by atoms with E-state index in [9.17, 15) is 0 Å². The van der Waals surface area contributed by atoms with Crippen LogP contribution in [-0.2, 0) is 15.9 Å². The Morgan fingerprint density at radius 2 is 1.94 bits per heavy atom. The normalized spacial score (nSPS) is 29.2. The van der Waals surface area contributed by atoms with Crippen LogP contribution in [0.2, 0.25) is 0 Å². The summed E-state index contributed by atoms with van der Waals surface area (Å²) < 4.78 is 11.7. The number of hydrogen-bond donors (Lipinski definition) is 0. The lowest BCUT2D eigenvalue weighted by Crippen LogP contribution is -2.36. The van der Waals surface area contributed by atoms with Crippen molar-refractivity contribution in [3.63, 3.8) is 0 Å². The van der Waals surface area contributed by atoms with Gasteiger partial charge in [0, 0.05) is 6.42 Å². The third kappa shape index (κ3) is 3.83. The van der Waals surface area contributed by atoms with Gasteiger partial charge >= 0.3 is 0 Å². The summed E-state index contributed by atoms with van der Waals surface area (Å²) in [7, 11) is 0. The number of rotatable bonds is 4. The molecule has 2 nitrogen and oxygen atoms in total. The van der Waals surface area contributed by atoms with Crippen LogP contribution >= 0.6 is 0 Å². The third-order valence-corrected chi connectivity index (χ3v) is 3.29. The first-order chi connectivity index (χ1) is 8.28. The van der Waals surface area contributed by atoms with Crippen LogP contribution in [-0.4, -0.2) is 18.5 Å². The highest BCUT2D eigenvalue weighted by Gasteiger charge is 2.26. The average molecular weight is 234 g/mol. The second kappa shape index (κ2) is 6.18. The van der Waals surface area contributed by atoms with Crippen LogP contribution in [0.25, 0.3) is 0 Å². The van der Waals surface area contributed by atoms with E-state index in [2.05, 4.69) is 38.1 Å². The van der Waals surface area contributed by atoms with Crippen LogP contribution in [0, 0.1) is 0 Å². The molecule has 17 heavy (non-hydrogen) atoms. The minimum atomic E-state index is -0.0242. The van der Waals surface area contributed by atoms with Crippen molar-refractivity contribution in [2.45, 2.75) is 58.0 Å². The van der Waals surface area contributed by atoms with Gasteiger partial charge < -0.3 is 9.47 Å². The Balaban J connectivity index is 1.82. The summed E-state index contributed by atoms with van der Waals surface area (Å²) in [5, 5.41) is 0. The topological polar surface area (TPSA) is 18.5 Å². The van der Waals surface area contributed by atoms with Gasteiger partial charge in [-0.25, -0.2) is 0 Å². The second-order valence-corrected chi connectivity index (χ2v) is 4.80. The molecule has 1 aliphatic heterocycles. The van der Waals surface area contributed by atoms with E-state index in [0.29, 0.717) is 12.2 Å². The molecule has 1 aromatic rings. The highest BCUT2D eigenvalue weighted by Crippen LogP contribution is 2.23. The quantitative estimate of drug-likeness (QED) is 0.793. The van der Waals surface area contributed by atoms with E-state index in [4.69, 9.17) is 9.47 Å². The minimum absolute atomic E-state index is 0.0242. The van der Waals surface area contributed by atoms with E-state index in [0.717, 1.165) is 25.7 Å². The number of benzene rings is 1. The Morgan fingerprint density at radius 1 is 1.18 bits per heavy atom. The van der Waals surface area contributed by atoms with Crippen molar-refractivity contribution in [1.29, 1.82) is 0 Å². The number of aryl methyl sites for hydroxylation is 1. The van der Waals surface area contributed by atoms with Gasteiger partial charge in [-0.05, 0) is 31.7 Å². The molecule has 0 aliphatic carbocycles. The standard InChI is InChI=1S/C15H22O2/c1-3-14-11-12(2)16-15(17-14)10-9-13-7-5-4-6-8-13/h4-8,12,14-15H,3,9-11H2,1-2H3. The summed E-state index contributed by atoms with van der Waals surface area (Å²) in [6, 6.07) is 10.5. The molecule has 0 spiro atoms. The predicted octanol–water partition coefficient (Wildman–Crippen LogP) is 3.55. The summed E-state index contributed by atoms with van der Waals surface area (Å²) in [5.74, 6) is 0. The van der Waals surface area contributed by atoms with Gasteiger partial charge in [-0.3, -0.25) is 0 Å². The van der Waals surface area contributed by atoms with Crippen LogP contribution in [0.5, 0.6) is 0 Å². The maximum absolute atomic E-state index is 5.91. The van der Waals surface area contributed by atoms with Crippen LogP contribution in [0.15, 0.2) is 30.3 Å². The lowest BCUT2D eigenvalue weighted by Gasteiger charge is -2.34. The highest BCUT2D eigenvalue weighted by atomic mass is 16.7. The van der Waals surface area contributed by atoms with Crippen LogP contribution in [0.1, 0.15) is 38.7 Å². The molecule has 2 heteroatoms. The zero-order valence-corrected chi connectivity index (χ0v) is 10.8. The Labute approximate surface area is 104 Å². The molecule has 0 aromatic heterocycles. The Kier molecular flexibility index (Phi) is 4.57. The molecule has 2 rings (SSSR count). The first kappa shape index (κ1) is 12.6. The Morgan fingerprint density at radius 3 is 2.65 bits per heavy atom. The molecule has 0 N–H and O–H groups in total. The molecule has 0 bridgehead atoms. The van der Waals surface area contributed by atoms with Crippen molar-refractivity contribution in [3.05, 3.63) is 35.9 Å². The molecular formula is C15H22O2.